The van der Waals surface area contributed by atoms with Gasteiger partial charge in [0.05, 0.1) is 19.4 Å². The summed E-state index contributed by atoms with van der Waals surface area (Å²) < 4.78 is 24.1. The van der Waals surface area contributed by atoms with Gasteiger partial charge in [-0.05, 0) is 97.7 Å². The molecule has 80 heavy (non-hydrogen) atoms. The van der Waals surface area contributed by atoms with Crippen LogP contribution in [0.5, 0.6) is 0 Å². The number of amides is 4. The van der Waals surface area contributed by atoms with Gasteiger partial charge in [-0.15, -0.1) is 0 Å². The number of carbonyl (C=O) groups excluding carboxylic acids is 8. The molecular weight excluding hydrogens is 1030 g/mol. The third-order valence-electron chi connectivity index (χ3n) is 13.4. The maximum Gasteiger partial charge on any atom is 0.329 e. The third-order valence-corrected chi connectivity index (χ3v) is 13.4. The molecule has 3 rings (SSSR count). The molecule has 0 spiro atoms. The van der Waals surface area contributed by atoms with Gasteiger partial charge in [-0.2, -0.15) is 0 Å². The van der Waals surface area contributed by atoms with Crippen LogP contribution >= 0.6 is 0 Å². The molecule has 1 fully saturated rings. The summed E-state index contributed by atoms with van der Waals surface area (Å²) in [6.07, 6.45) is 0.817. The molecule has 0 aliphatic carbocycles. The molecule has 0 bridgehead atoms. The van der Waals surface area contributed by atoms with E-state index >= 15 is 0 Å². The van der Waals surface area contributed by atoms with Gasteiger partial charge >= 0.3 is 23.9 Å². The van der Waals surface area contributed by atoms with Crippen LogP contribution in [0.4, 0.5) is 0 Å². The van der Waals surface area contributed by atoms with Gasteiger partial charge in [0, 0.05) is 47.2 Å². The zero-order chi connectivity index (χ0) is 60.0. The molecule has 0 saturated carbocycles. The molecule has 21 heteroatoms. The number of hydrogen-bond acceptors (Lipinski definition) is 15. The molecule has 8 atom stereocenters. The summed E-state index contributed by atoms with van der Waals surface area (Å²) in [5.74, 6) is -7.60. The van der Waals surface area contributed by atoms with Crippen molar-refractivity contribution in [3.8, 4) is 0 Å². The second-order valence-electron chi connectivity index (χ2n) is 22.1. The van der Waals surface area contributed by atoms with E-state index in [9.17, 15) is 38.4 Å². The summed E-state index contributed by atoms with van der Waals surface area (Å²) in [5, 5.41) is 0. The normalized spacial score (nSPS) is 23.6. The van der Waals surface area contributed by atoms with Gasteiger partial charge in [0.2, 0.25) is 0 Å². The second kappa shape index (κ2) is 32.6. The highest BCUT2D eigenvalue weighted by atomic mass is 16.6. The van der Waals surface area contributed by atoms with E-state index in [1.54, 1.807) is 48.7 Å². The summed E-state index contributed by atoms with van der Waals surface area (Å²) in [4.78, 5) is 134. The maximum absolute atomic E-state index is 14.9. The summed E-state index contributed by atoms with van der Waals surface area (Å²) in [7, 11) is 5.50. The minimum Gasteiger partial charge on any atom is -0.451 e. The van der Waals surface area contributed by atoms with Crippen molar-refractivity contribution in [2.45, 2.75) is 169 Å². The fraction of sp³-hybridized carbons (Fsp3) is 0.576. The SMILES string of the molecule is CC(C)C[C@H]1C(=O)O[C@H](Cc2ccc(CN=CN=CN)cc2)C(=O)N(C)[C@@H](CC(C)C)C(=O)O[C@H](C)C(=O)N(C)[C@@H](CC(C)C)C(=O)O[C@H](Cc2ccc(CN=CC=CN)cc2)C(=O)N(C)[C@@H](CC(C)C)C(=O)O[C@H](C)C(=O)N1C. The largest absolute Gasteiger partial charge is 0.451 e. The van der Waals surface area contributed by atoms with E-state index in [0.717, 1.165) is 37.1 Å². The summed E-state index contributed by atoms with van der Waals surface area (Å²) in [6.45, 7) is 18.0. The number of cyclic esters (lactones) is 4. The highest BCUT2D eigenvalue weighted by Crippen LogP contribution is 2.25. The third kappa shape index (κ3) is 20.7. The predicted octanol–water partition coefficient (Wildman–Crippen LogP) is 5.22. The van der Waals surface area contributed by atoms with Crippen LogP contribution in [0.2, 0.25) is 0 Å². The van der Waals surface area contributed by atoms with Crippen LogP contribution in [0.3, 0.4) is 0 Å². The number of nitrogens with two attached hydrogens (primary N) is 2. The minimum absolute atomic E-state index is 0.0684. The molecule has 2 aromatic rings. The lowest BCUT2D eigenvalue weighted by molar-refractivity contribution is -0.176. The molecule has 1 aliphatic heterocycles. The molecule has 2 aromatic carbocycles. The topological polar surface area (TPSA) is 276 Å². The van der Waals surface area contributed by atoms with Gasteiger partial charge in [0.15, 0.2) is 24.4 Å². The Balaban J connectivity index is 2.26. The number of allylic oxidation sites excluding steroid dienone is 1. The van der Waals surface area contributed by atoms with Crippen LogP contribution in [-0.2, 0) is 83.2 Å². The zero-order valence-electron chi connectivity index (χ0n) is 49.3. The Morgan fingerprint density at radius 1 is 0.463 bits per heavy atom. The van der Waals surface area contributed by atoms with Crippen LogP contribution < -0.4 is 11.5 Å². The first-order valence-corrected chi connectivity index (χ1v) is 27.3. The number of carbonyl (C=O) groups is 8. The second-order valence-corrected chi connectivity index (χ2v) is 22.1. The lowest BCUT2D eigenvalue weighted by Gasteiger charge is -2.35. The molecule has 1 heterocycles. The molecule has 1 aliphatic rings. The van der Waals surface area contributed by atoms with Crippen molar-refractivity contribution in [1.82, 2.24) is 19.6 Å². The summed E-state index contributed by atoms with van der Waals surface area (Å²) >= 11 is 0. The molecule has 1 saturated heterocycles. The molecule has 0 unspecified atom stereocenters. The zero-order valence-corrected chi connectivity index (χ0v) is 49.3. The van der Waals surface area contributed by atoms with E-state index in [2.05, 4.69) is 15.0 Å². The molecule has 0 radical (unpaired) electrons. The number of esters is 4. The van der Waals surface area contributed by atoms with Crippen molar-refractivity contribution in [3.63, 3.8) is 0 Å². The van der Waals surface area contributed by atoms with Crippen LogP contribution in [-0.4, -0.2) is 163 Å². The fourth-order valence-corrected chi connectivity index (χ4v) is 8.97. The van der Waals surface area contributed by atoms with Gasteiger partial charge in [0.25, 0.3) is 23.6 Å². The lowest BCUT2D eigenvalue weighted by atomic mass is 9.99. The van der Waals surface area contributed by atoms with Gasteiger partial charge in [-0.25, -0.2) is 24.2 Å². The highest BCUT2D eigenvalue weighted by molar-refractivity contribution is 5.94. The number of likely N-dealkylation sites (N-methyl/N-ethyl adjacent to an activating group) is 4. The number of rotatable bonds is 18. The first-order valence-electron chi connectivity index (χ1n) is 27.3. The smallest absolute Gasteiger partial charge is 0.329 e. The molecule has 4 N–H and O–H groups in total. The average molecular weight is 1110 g/mol. The van der Waals surface area contributed by atoms with Crippen molar-refractivity contribution in [2.75, 3.05) is 28.2 Å². The van der Waals surface area contributed by atoms with Crippen molar-refractivity contribution in [1.29, 1.82) is 0 Å². The van der Waals surface area contributed by atoms with Gasteiger partial charge < -0.3 is 50.0 Å². The quantitative estimate of drug-likeness (QED) is 0.0838. The van der Waals surface area contributed by atoms with Crippen molar-refractivity contribution in [2.24, 2.45) is 50.1 Å². The Labute approximate surface area is 472 Å². The number of benzene rings is 2. The Morgan fingerprint density at radius 2 is 0.762 bits per heavy atom. The van der Waals surface area contributed by atoms with Crippen molar-refractivity contribution in [3.05, 3.63) is 83.1 Å². The molecule has 440 valence electrons. The monoisotopic (exact) mass is 1110 g/mol. The maximum atomic E-state index is 14.9. The summed E-state index contributed by atoms with van der Waals surface area (Å²) in [5.41, 5.74) is 13.5. The number of aliphatic imine (C=N–C) groups is 3. The van der Waals surface area contributed by atoms with Gasteiger partial charge in [-0.1, -0.05) is 104 Å². The molecule has 4 amide bonds. The number of ether oxygens (including phenoxy) is 4. The lowest BCUT2D eigenvalue weighted by Crippen LogP contribution is -2.55. The van der Waals surface area contributed by atoms with E-state index in [0.29, 0.717) is 17.7 Å². The van der Waals surface area contributed by atoms with E-state index in [4.69, 9.17) is 30.4 Å². The van der Waals surface area contributed by atoms with Crippen LogP contribution in [0.25, 0.3) is 0 Å². The van der Waals surface area contributed by atoms with Crippen LogP contribution in [0.1, 0.15) is 117 Å². The van der Waals surface area contributed by atoms with Crippen molar-refractivity contribution < 1.29 is 57.3 Å². The van der Waals surface area contributed by atoms with E-state index in [1.165, 1.54) is 54.6 Å². The van der Waals surface area contributed by atoms with Gasteiger partial charge in [0.1, 0.15) is 30.5 Å². The van der Waals surface area contributed by atoms with Crippen LogP contribution in [0, 0.1) is 23.7 Å². The minimum atomic E-state index is -1.55. The fourth-order valence-electron chi connectivity index (χ4n) is 8.97. The van der Waals surface area contributed by atoms with Crippen LogP contribution in [0.15, 0.2) is 75.8 Å². The standard InChI is InChI=1S/C59H87N9O12/c1-36(2)26-46-56(73)77-41(10)53(70)66(12)49(29-39(7)8)59(76)80-51(31-43-18-22-45(23-19-43)33-63-35-64-34-61)55(72)68(14)47(27-37(3)4)57(74)78-40(9)52(69)65(11)48(28-38(5)6)58(75)79-50(54(71)67(46)13)30-42-16-20-44(21-17-42)32-62-25-15-24-60/h15-25,34-41,46-51H,26-33,60H2,1-14H3,(H2,61,63,64)/t40-,41-,46+,47+,48+,49+,50-,51-/m1/s1. The molecule has 21 nitrogen and oxygen atoms in total. The van der Waals surface area contributed by atoms with Crippen molar-refractivity contribution >= 4 is 66.4 Å². The van der Waals surface area contributed by atoms with E-state index < -0.39 is 96.1 Å². The highest BCUT2D eigenvalue weighted by Gasteiger charge is 2.43. The Bertz CT molecular complexity index is 2320. The first kappa shape index (κ1) is 66.8. The Kier molecular flexibility index (Phi) is 27.2. The molecular formula is C59H87N9O12. The predicted molar refractivity (Wildman–Crippen MR) is 306 cm³/mol. The van der Waals surface area contributed by atoms with E-state index in [1.807, 2.05) is 67.5 Å². The number of hydrogen-bond donors (Lipinski definition) is 2. The Morgan fingerprint density at radius 3 is 1.07 bits per heavy atom. The average Bonchev–Trinajstić information content (AvgIpc) is 3.41. The Hall–Kier alpha value is -7.45. The van der Waals surface area contributed by atoms with Gasteiger partial charge in [-0.3, -0.25) is 29.2 Å². The first-order chi connectivity index (χ1) is 37.7. The summed E-state index contributed by atoms with van der Waals surface area (Å²) in [6, 6.07) is 9.00. The number of nitrogens with zero attached hydrogens (tertiary/aromatic N) is 7. The van der Waals surface area contributed by atoms with E-state index in [-0.39, 0.29) is 68.7 Å². The molecule has 0 aromatic heterocycles.